The summed E-state index contributed by atoms with van der Waals surface area (Å²) in [7, 11) is 0. The van der Waals surface area contributed by atoms with Crippen LogP contribution in [0, 0.1) is 5.41 Å². The third kappa shape index (κ3) is 2.49. The number of amides is 2. The van der Waals surface area contributed by atoms with E-state index in [9.17, 15) is 9.59 Å². The van der Waals surface area contributed by atoms with Gasteiger partial charge in [0.2, 0.25) is 11.8 Å². The van der Waals surface area contributed by atoms with Gasteiger partial charge in [-0.05, 0) is 18.3 Å². The van der Waals surface area contributed by atoms with Crippen LogP contribution in [0.25, 0.3) is 0 Å². The second kappa shape index (κ2) is 4.59. The molecule has 1 atom stereocenters. The summed E-state index contributed by atoms with van der Waals surface area (Å²) in [5.74, 6) is 0.244. The summed E-state index contributed by atoms with van der Waals surface area (Å²) >= 11 is 3.46. The molecule has 96 valence electrons. The Morgan fingerprint density at radius 3 is 2.76 bits per heavy atom. The van der Waals surface area contributed by atoms with Crippen molar-refractivity contribution in [2.75, 3.05) is 25.0 Å². The van der Waals surface area contributed by atoms with Crippen LogP contribution in [0.2, 0.25) is 0 Å². The zero-order valence-electron chi connectivity index (χ0n) is 10.4. The van der Waals surface area contributed by atoms with E-state index in [1.807, 2.05) is 0 Å². The first kappa shape index (κ1) is 12.9. The number of alkyl halides is 1. The van der Waals surface area contributed by atoms with Gasteiger partial charge >= 0.3 is 0 Å². The van der Waals surface area contributed by atoms with Crippen LogP contribution in [0.4, 0.5) is 0 Å². The highest BCUT2D eigenvalue weighted by atomic mass is 79.9. The number of carbonyl (C=O) groups excluding carboxylic acids is 2. The van der Waals surface area contributed by atoms with Gasteiger partial charge in [0.1, 0.15) is 6.04 Å². The summed E-state index contributed by atoms with van der Waals surface area (Å²) in [6.45, 7) is 5.85. The molecule has 2 amide bonds. The van der Waals surface area contributed by atoms with Crippen LogP contribution >= 0.6 is 15.9 Å². The summed E-state index contributed by atoms with van der Waals surface area (Å²) in [6, 6.07) is -0.178. The predicted molar refractivity (Wildman–Crippen MR) is 68.9 cm³/mol. The topological polar surface area (TPSA) is 40.6 Å². The monoisotopic (exact) mass is 302 g/mol. The molecule has 2 aliphatic rings. The van der Waals surface area contributed by atoms with E-state index in [0.717, 1.165) is 24.7 Å². The SMILES string of the molecule is CC(C)(CBr)CN1CC(=O)N2CCCC2C1=O. The van der Waals surface area contributed by atoms with Crippen LogP contribution in [0.15, 0.2) is 0 Å². The average Bonchev–Trinajstić information content (AvgIpc) is 2.75. The van der Waals surface area contributed by atoms with Gasteiger partial charge in [0.25, 0.3) is 0 Å². The Kier molecular flexibility index (Phi) is 3.48. The molecule has 2 rings (SSSR count). The largest absolute Gasteiger partial charge is 0.331 e. The smallest absolute Gasteiger partial charge is 0.245 e. The molecular formula is C12H19BrN2O2. The molecule has 2 aliphatic heterocycles. The van der Waals surface area contributed by atoms with Gasteiger partial charge in [-0.15, -0.1) is 0 Å². The number of hydrogen-bond acceptors (Lipinski definition) is 2. The number of hydrogen-bond donors (Lipinski definition) is 0. The lowest BCUT2D eigenvalue weighted by Crippen LogP contribution is -2.59. The van der Waals surface area contributed by atoms with E-state index in [-0.39, 0.29) is 29.8 Å². The van der Waals surface area contributed by atoms with Crippen molar-refractivity contribution in [2.45, 2.75) is 32.7 Å². The molecule has 17 heavy (non-hydrogen) atoms. The Labute approximate surface area is 110 Å². The summed E-state index contributed by atoms with van der Waals surface area (Å²) < 4.78 is 0. The van der Waals surface area contributed by atoms with Gasteiger partial charge < -0.3 is 9.80 Å². The van der Waals surface area contributed by atoms with Gasteiger partial charge in [-0.25, -0.2) is 0 Å². The lowest BCUT2D eigenvalue weighted by atomic mass is 9.95. The van der Waals surface area contributed by atoms with Gasteiger partial charge in [-0.2, -0.15) is 0 Å². The molecular weight excluding hydrogens is 284 g/mol. The highest BCUT2D eigenvalue weighted by molar-refractivity contribution is 9.09. The summed E-state index contributed by atoms with van der Waals surface area (Å²) in [4.78, 5) is 27.7. The Morgan fingerprint density at radius 2 is 2.12 bits per heavy atom. The van der Waals surface area contributed by atoms with Crippen molar-refractivity contribution in [3.63, 3.8) is 0 Å². The van der Waals surface area contributed by atoms with Gasteiger partial charge in [-0.3, -0.25) is 9.59 Å². The first-order chi connectivity index (χ1) is 7.94. The minimum absolute atomic E-state index is 0.0106. The first-order valence-electron chi connectivity index (χ1n) is 6.09. The van der Waals surface area contributed by atoms with Gasteiger partial charge in [0.05, 0.1) is 6.54 Å². The molecule has 0 radical (unpaired) electrons. The van der Waals surface area contributed by atoms with Crippen LogP contribution in [-0.4, -0.2) is 52.6 Å². The van der Waals surface area contributed by atoms with Gasteiger partial charge in [0, 0.05) is 18.4 Å². The van der Waals surface area contributed by atoms with E-state index in [2.05, 4.69) is 29.8 Å². The maximum Gasteiger partial charge on any atom is 0.245 e. The van der Waals surface area contributed by atoms with Crippen LogP contribution < -0.4 is 0 Å². The predicted octanol–water partition coefficient (Wildman–Crippen LogP) is 1.24. The van der Waals surface area contributed by atoms with Crippen LogP contribution in [0.5, 0.6) is 0 Å². The summed E-state index contributed by atoms with van der Waals surface area (Å²) in [6.07, 6.45) is 1.79. The minimum atomic E-state index is -0.178. The van der Waals surface area contributed by atoms with E-state index >= 15 is 0 Å². The van der Waals surface area contributed by atoms with Crippen molar-refractivity contribution >= 4 is 27.7 Å². The van der Waals surface area contributed by atoms with E-state index in [1.165, 1.54) is 0 Å². The molecule has 0 aromatic heterocycles. The lowest BCUT2D eigenvalue weighted by Gasteiger charge is -2.39. The van der Waals surface area contributed by atoms with Crippen molar-refractivity contribution in [1.82, 2.24) is 9.80 Å². The maximum absolute atomic E-state index is 12.3. The fraction of sp³-hybridized carbons (Fsp3) is 0.833. The third-order valence-electron chi connectivity index (χ3n) is 3.48. The summed E-state index contributed by atoms with van der Waals surface area (Å²) in [5.41, 5.74) is 0.0106. The number of fused-ring (bicyclic) bond motifs is 1. The fourth-order valence-electron chi connectivity index (χ4n) is 2.56. The van der Waals surface area contributed by atoms with E-state index in [0.29, 0.717) is 6.54 Å². The zero-order valence-corrected chi connectivity index (χ0v) is 12.0. The Morgan fingerprint density at radius 1 is 1.41 bits per heavy atom. The Bertz CT molecular complexity index is 343. The number of rotatable bonds is 3. The second-order valence-corrected chi connectivity index (χ2v) is 6.30. The molecule has 1 unspecified atom stereocenters. The number of piperazine rings is 1. The molecule has 2 heterocycles. The van der Waals surface area contributed by atoms with Crippen molar-refractivity contribution < 1.29 is 9.59 Å². The molecule has 5 heteroatoms. The molecule has 0 aromatic rings. The van der Waals surface area contributed by atoms with Gasteiger partial charge in [0.15, 0.2) is 0 Å². The van der Waals surface area contributed by atoms with Crippen molar-refractivity contribution in [3.05, 3.63) is 0 Å². The Balaban J connectivity index is 2.09. The van der Waals surface area contributed by atoms with E-state index in [1.54, 1.807) is 9.80 Å². The third-order valence-corrected chi connectivity index (χ3v) is 4.99. The highest BCUT2D eigenvalue weighted by Crippen LogP contribution is 2.27. The number of carbonyl (C=O) groups is 2. The molecule has 0 bridgehead atoms. The standard InChI is InChI=1S/C12H19BrN2O2/c1-12(2,7-13)8-14-6-10(16)15-5-3-4-9(15)11(14)17/h9H,3-8H2,1-2H3. The summed E-state index contributed by atoms with van der Waals surface area (Å²) in [5, 5.41) is 0.826. The maximum atomic E-state index is 12.3. The molecule has 2 fully saturated rings. The normalized spacial score (nSPS) is 25.5. The Hall–Kier alpha value is -0.580. The van der Waals surface area contributed by atoms with Crippen molar-refractivity contribution in [3.8, 4) is 0 Å². The molecule has 0 saturated carbocycles. The minimum Gasteiger partial charge on any atom is -0.331 e. The van der Waals surface area contributed by atoms with Crippen LogP contribution in [-0.2, 0) is 9.59 Å². The highest BCUT2D eigenvalue weighted by Gasteiger charge is 2.42. The quantitative estimate of drug-likeness (QED) is 0.736. The molecule has 0 spiro atoms. The van der Waals surface area contributed by atoms with E-state index < -0.39 is 0 Å². The zero-order chi connectivity index (χ0) is 12.6. The molecule has 2 saturated heterocycles. The molecule has 0 N–H and O–H groups in total. The number of halogens is 1. The van der Waals surface area contributed by atoms with Crippen LogP contribution in [0.1, 0.15) is 26.7 Å². The lowest BCUT2D eigenvalue weighted by molar-refractivity contribution is -0.154. The fourth-order valence-corrected chi connectivity index (χ4v) is 2.73. The van der Waals surface area contributed by atoms with Crippen molar-refractivity contribution in [2.24, 2.45) is 5.41 Å². The number of nitrogens with zero attached hydrogens (tertiary/aromatic N) is 2. The van der Waals surface area contributed by atoms with E-state index in [4.69, 9.17) is 0 Å². The molecule has 4 nitrogen and oxygen atoms in total. The van der Waals surface area contributed by atoms with Crippen molar-refractivity contribution in [1.29, 1.82) is 0 Å². The van der Waals surface area contributed by atoms with Gasteiger partial charge in [-0.1, -0.05) is 29.8 Å². The molecule has 0 aliphatic carbocycles. The molecule has 0 aromatic carbocycles. The van der Waals surface area contributed by atoms with Crippen LogP contribution in [0.3, 0.4) is 0 Å². The second-order valence-electron chi connectivity index (χ2n) is 5.74. The first-order valence-corrected chi connectivity index (χ1v) is 7.21. The average molecular weight is 303 g/mol.